The quantitative estimate of drug-likeness (QED) is 0.428. The molecule has 152 valence electrons. The first-order valence-electron chi connectivity index (χ1n) is 8.95. The van der Waals surface area contributed by atoms with Crippen molar-refractivity contribution < 1.29 is 4.79 Å². The Morgan fingerprint density at radius 3 is 2.45 bits per heavy atom. The van der Waals surface area contributed by atoms with Gasteiger partial charge in [0, 0.05) is 22.3 Å². The number of carbonyl (C=O) groups is 1. The zero-order chi connectivity index (χ0) is 21.0. The maximum Gasteiger partial charge on any atom is 0.253 e. The van der Waals surface area contributed by atoms with Crippen LogP contribution in [-0.4, -0.2) is 20.7 Å². The molecule has 1 unspecified atom stereocenters. The zero-order valence-corrected chi connectivity index (χ0v) is 18.9. The molecule has 0 aliphatic rings. The van der Waals surface area contributed by atoms with Crippen LogP contribution in [0.2, 0.25) is 15.1 Å². The summed E-state index contributed by atoms with van der Waals surface area (Å²) in [5, 5.41) is 13.8. The molecule has 1 aromatic heterocycles. The Hall–Kier alpha value is -1.73. The minimum atomic E-state index is -0.341. The number of hydrogen-bond acceptors (Lipinski definition) is 4. The number of nitrogens with zero attached hydrogens (tertiary/aromatic N) is 3. The van der Waals surface area contributed by atoms with Crippen LogP contribution in [0.25, 0.3) is 0 Å². The highest BCUT2D eigenvalue weighted by Crippen LogP contribution is 2.26. The van der Waals surface area contributed by atoms with E-state index in [1.165, 1.54) is 0 Å². The molecule has 0 fully saturated rings. The third-order valence-corrected chi connectivity index (χ3v) is 6.09. The van der Waals surface area contributed by atoms with Crippen molar-refractivity contribution in [1.29, 1.82) is 0 Å². The lowest BCUT2D eigenvalue weighted by Gasteiger charge is -2.15. The lowest BCUT2D eigenvalue weighted by molar-refractivity contribution is 0.0937. The number of rotatable bonds is 7. The van der Waals surface area contributed by atoms with Gasteiger partial charge in [0.25, 0.3) is 5.91 Å². The fourth-order valence-electron chi connectivity index (χ4n) is 2.77. The van der Waals surface area contributed by atoms with Crippen molar-refractivity contribution in [3.05, 3.63) is 74.5 Å². The number of halogens is 3. The molecule has 1 N–H and O–H groups in total. The Kier molecular flexibility index (Phi) is 7.46. The van der Waals surface area contributed by atoms with Gasteiger partial charge in [0.2, 0.25) is 0 Å². The van der Waals surface area contributed by atoms with Gasteiger partial charge in [-0.05, 0) is 49.7 Å². The van der Waals surface area contributed by atoms with Gasteiger partial charge in [-0.1, -0.05) is 58.7 Å². The van der Waals surface area contributed by atoms with Gasteiger partial charge in [-0.2, -0.15) is 0 Å². The molecular formula is C20H19Cl3N4OS. The number of thioether (sulfide) groups is 1. The normalized spacial score (nSPS) is 12.0. The molecule has 0 radical (unpaired) electrons. The number of aromatic nitrogens is 3. The van der Waals surface area contributed by atoms with Gasteiger partial charge >= 0.3 is 0 Å². The maximum absolute atomic E-state index is 12.6. The van der Waals surface area contributed by atoms with Gasteiger partial charge in [0.15, 0.2) is 11.0 Å². The van der Waals surface area contributed by atoms with Crippen LogP contribution in [0.15, 0.2) is 47.6 Å². The van der Waals surface area contributed by atoms with Crippen molar-refractivity contribution in [3.8, 4) is 0 Å². The molecular weight excluding hydrogens is 451 g/mol. The van der Waals surface area contributed by atoms with E-state index in [9.17, 15) is 4.79 Å². The van der Waals surface area contributed by atoms with Crippen LogP contribution in [0, 0.1) is 0 Å². The number of benzene rings is 2. The number of nitrogens with one attached hydrogen (secondary N) is 1. The number of carbonyl (C=O) groups excluding carboxylic acids is 1. The molecule has 3 rings (SSSR count). The topological polar surface area (TPSA) is 59.8 Å². The van der Waals surface area contributed by atoms with Gasteiger partial charge < -0.3 is 9.88 Å². The van der Waals surface area contributed by atoms with E-state index in [2.05, 4.69) is 15.5 Å². The Morgan fingerprint density at radius 2 is 1.79 bits per heavy atom. The van der Waals surface area contributed by atoms with Crippen LogP contribution in [0.5, 0.6) is 0 Å². The van der Waals surface area contributed by atoms with Crippen molar-refractivity contribution >= 4 is 52.5 Å². The van der Waals surface area contributed by atoms with Crippen LogP contribution in [0.1, 0.15) is 41.6 Å². The molecule has 0 bridgehead atoms. The van der Waals surface area contributed by atoms with E-state index in [0.29, 0.717) is 33.0 Å². The largest absolute Gasteiger partial charge is 0.342 e. The summed E-state index contributed by atoms with van der Waals surface area (Å²) in [6.45, 7) is 4.57. The molecule has 0 saturated carbocycles. The predicted octanol–water partition coefficient (Wildman–Crippen LogP) is 6.04. The summed E-state index contributed by atoms with van der Waals surface area (Å²) >= 11 is 19.6. The van der Waals surface area contributed by atoms with Crippen molar-refractivity contribution in [2.75, 3.05) is 0 Å². The summed E-state index contributed by atoms with van der Waals surface area (Å²) in [4.78, 5) is 12.6. The molecule has 0 saturated heterocycles. The molecule has 0 aliphatic heterocycles. The van der Waals surface area contributed by atoms with Crippen LogP contribution in [0.4, 0.5) is 0 Å². The van der Waals surface area contributed by atoms with Gasteiger partial charge in [-0.15, -0.1) is 10.2 Å². The van der Waals surface area contributed by atoms with Crippen molar-refractivity contribution in [2.45, 2.75) is 37.3 Å². The summed E-state index contributed by atoms with van der Waals surface area (Å²) in [5.74, 6) is 1.14. The molecule has 2 aromatic carbocycles. The average Bonchev–Trinajstić information content (AvgIpc) is 3.10. The van der Waals surface area contributed by atoms with Gasteiger partial charge in [0.05, 0.1) is 16.6 Å². The Labute approximate surface area is 188 Å². The molecule has 3 aromatic rings. The molecule has 5 nitrogen and oxygen atoms in total. The third kappa shape index (κ3) is 5.45. The summed E-state index contributed by atoms with van der Waals surface area (Å²) in [7, 11) is 0. The van der Waals surface area contributed by atoms with Crippen LogP contribution in [-0.2, 0) is 12.3 Å². The van der Waals surface area contributed by atoms with E-state index < -0.39 is 0 Å². The van der Waals surface area contributed by atoms with E-state index in [1.807, 2.05) is 42.7 Å². The Bertz CT molecular complexity index is 1010. The van der Waals surface area contributed by atoms with Crippen molar-refractivity contribution in [1.82, 2.24) is 20.1 Å². The average molecular weight is 470 g/mol. The van der Waals surface area contributed by atoms with Crippen molar-refractivity contribution in [2.24, 2.45) is 0 Å². The molecule has 0 aliphatic carbocycles. The van der Waals surface area contributed by atoms with Gasteiger partial charge in [-0.3, -0.25) is 4.79 Å². The minimum Gasteiger partial charge on any atom is -0.342 e. The van der Waals surface area contributed by atoms with Crippen LogP contribution in [0.3, 0.4) is 0 Å². The Morgan fingerprint density at radius 1 is 1.10 bits per heavy atom. The second-order valence-corrected chi connectivity index (χ2v) is 8.54. The van der Waals surface area contributed by atoms with Crippen LogP contribution >= 0.6 is 46.6 Å². The summed E-state index contributed by atoms with van der Waals surface area (Å²) in [5.41, 5.74) is 1.51. The smallest absolute Gasteiger partial charge is 0.253 e. The van der Waals surface area contributed by atoms with Gasteiger partial charge in [-0.25, -0.2) is 0 Å². The van der Waals surface area contributed by atoms with E-state index >= 15 is 0 Å². The zero-order valence-electron chi connectivity index (χ0n) is 15.8. The first-order valence-corrected chi connectivity index (χ1v) is 11.1. The lowest BCUT2D eigenvalue weighted by Crippen LogP contribution is -2.29. The minimum absolute atomic E-state index is 0.291. The molecule has 1 amide bonds. The van der Waals surface area contributed by atoms with E-state index in [0.717, 1.165) is 16.5 Å². The molecule has 0 spiro atoms. The highest BCUT2D eigenvalue weighted by molar-refractivity contribution is 7.98. The fourth-order valence-corrected chi connectivity index (χ4v) is 4.35. The highest BCUT2D eigenvalue weighted by Gasteiger charge is 2.20. The van der Waals surface area contributed by atoms with Crippen molar-refractivity contribution in [3.63, 3.8) is 0 Å². The summed E-state index contributed by atoms with van der Waals surface area (Å²) in [6.07, 6.45) is 0. The standard InChI is InChI=1S/C20H19Cl3N4OS/c1-3-27-18(12(2)24-19(28)16-9-8-15(22)10-17(16)23)25-26-20(27)29-11-13-4-6-14(21)7-5-13/h4-10,12H,3,11H2,1-2H3,(H,24,28). The van der Waals surface area contributed by atoms with Crippen LogP contribution < -0.4 is 5.32 Å². The predicted molar refractivity (Wildman–Crippen MR) is 119 cm³/mol. The second-order valence-electron chi connectivity index (χ2n) is 6.32. The fraction of sp³-hybridized carbons (Fsp3) is 0.250. The Balaban J connectivity index is 1.71. The SMILES string of the molecule is CCn1c(SCc2ccc(Cl)cc2)nnc1C(C)NC(=O)c1ccc(Cl)cc1Cl. The summed E-state index contributed by atoms with van der Waals surface area (Å²) in [6, 6.07) is 12.1. The molecule has 9 heteroatoms. The summed E-state index contributed by atoms with van der Waals surface area (Å²) < 4.78 is 2.00. The number of hydrogen-bond donors (Lipinski definition) is 1. The molecule has 1 heterocycles. The maximum atomic E-state index is 12.6. The van der Waals surface area contributed by atoms with E-state index in [1.54, 1.807) is 30.0 Å². The number of amides is 1. The van der Waals surface area contributed by atoms with E-state index in [-0.39, 0.29) is 11.9 Å². The molecule has 1 atom stereocenters. The first kappa shape index (κ1) is 22.0. The first-order chi connectivity index (χ1) is 13.9. The third-order valence-electron chi connectivity index (χ3n) is 4.25. The lowest BCUT2D eigenvalue weighted by atomic mass is 10.2. The monoisotopic (exact) mass is 468 g/mol. The highest BCUT2D eigenvalue weighted by atomic mass is 35.5. The van der Waals surface area contributed by atoms with Gasteiger partial charge in [0.1, 0.15) is 0 Å². The van der Waals surface area contributed by atoms with E-state index in [4.69, 9.17) is 34.8 Å². The molecule has 29 heavy (non-hydrogen) atoms. The second kappa shape index (κ2) is 9.85.